The number of benzene rings is 1. The Hall–Kier alpha value is -1.84. The molecule has 100 valence electrons. The van der Waals surface area contributed by atoms with Crippen LogP contribution in [-0.2, 0) is 22.7 Å². The molecule has 2 heterocycles. The van der Waals surface area contributed by atoms with Crippen LogP contribution in [0.2, 0.25) is 0 Å². The Kier molecular flexibility index (Phi) is 2.62. The summed E-state index contributed by atoms with van der Waals surface area (Å²) in [5.41, 5.74) is 1.45. The number of amides is 2. The Balaban J connectivity index is 2.03. The summed E-state index contributed by atoms with van der Waals surface area (Å²) in [4.78, 5) is 25.2. The van der Waals surface area contributed by atoms with Crippen LogP contribution >= 0.6 is 0 Å². The molecule has 1 fully saturated rings. The maximum Gasteiger partial charge on any atom is 0.257 e. The molecule has 0 N–H and O–H groups in total. The van der Waals surface area contributed by atoms with E-state index in [1.807, 2.05) is 38.1 Å². The van der Waals surface area contributed by atoms with Gasteiger partial charge < -0.3 is 0 Å². The van der Waals surface area contributed by atoms with Crippen LogP contribution in [0.5, 0.6) is 0 Å². The molecule has 4 nitrogen and oxygen atoms in total. The van der Waals surface area contributed by atoms with Crippen molar-refractivity contribution in [3.63, 3.8) is 0 Å². The Bertz CT molecular complexity index is 504. The highest BCUT2D eigenvalue weighted by atomic mass is 16.2. The number of carbonyl (C=O) groups is 2. The smallest absolute Gasteiger partial charge is 0.257 e. The third kappa shape index (κ3) is 1.46. The first-order chi connectivity index (χ1) is 9.14. The monoisotopic (exact) mass is 258 g/mol. The molecular formula is C15H18N2O2. The molecule has 2 aliphatic rings. The van der Waals surface area contributed by atoms with E-state index < -0.39 is 5.41 Å². The fourth-order valence-corrected chi connectivity index (χ4v) is 3.16. The van der Waals surface area contributed by atoms with E-state index in [-0.39, 0.29) is 11.8 Å². The fraction of sp³-hybridized carbons (Fsp3) is 0.467. The molecule has 3 rings (SSSR count). The highest BCUT2D eigenvalue weighted by Gasteiger charge is 2.56. The average Bonchev–Trinajstić information content (AvgIpc) is 2.66. The van der Waals surface area contributed by atoms with Crippen molar-refractivity contribution in [3.8, 4) is 0 Å². The van der Waals surface area contributed by atoms with Gasteiger partial charge in [-0.05, 0) is 24.0 Å². The largest absolute Gasteiger partial charge is 0.272 e. The maximum absolute atomic E-state index is 12.6. The highest BCUT2D eigenvalue weighted by molar-refractivity contribution is 6.09. The molecule has 1 aromatic carbocycles. The van der Waals surface area contributed by atoms with Gasteiger partial charge in [-0.15, -0.1) is 0 Å². The molecule has 19 heavy (non-hydrogen) atoms. The second-order valence-corrected chi connectivity index (χ2v) is 5.28. The van der Waals surface area contributed by atoms with Gasteiger partial charge in [0, 0.05) is 0 Å². The van der Waals surface area contributed by atoms with Gasteiger partial charge in [0.05, 0.1) is 13.1 Å². The molecule has 0 aliphatic carbocycles. The number of nitrogens with zero attached hydrogens (tertiary/aromatic N) is 2. The maximum atomic E-state index is 12.6. The van der Waals surface area contributed by atoms with E-state index in [4.69, 9.17) is 0 Å². The van der Waals surface area contributed by atoms with Gasteiger partial charge in [0.15, 0.2) is 0 Å². The third-order valence-corrected chi connectivity index (χ3v) is 4.54. The summed E-state index contributed by atoms with van der Waals surface area (Å²) in [6, 6.07) is 8.01. The van der Waals surface area contributed by atoms with Crippen LogP contribution < -0.4 is 0 Å². The summed E-state index contributed by atoms with van der Waals surface area (Å²) >= 11 is 0. The lowest BCUT2D eigenvalue weighted by molar-refractivity contribution is -0.151. The molecule has 0 spiro atoms. The number of hydrazine groups is 1. The van der Waals surface area contributed by atoms with E-state index in [1.54, 1.807) is 10.0 Å². The predicted molar refractivity (Wildman–Crippen MR) is 70.6 cm³/mol. The summed E-state index contributed by atoms with van der Waals surface area (Å²) in [7, 11) is 0. The second-order valence-electron chi connectivity index (χ2n) is 5.28. The lowest BCUT2D eigenvalue weighted by Gasteiger charge is -2.33. The van der Waals surface area contributed by atoms with Gasteiger partial charge in [0.2, 0.25) is 0 Å². The lowest BCUT2D eigenvalue weighted by atomic mass is 9.81. The Morgan fingerprint density at radius 2 is 1.37 bits per heavy atom. The molecule has 2 aliphatic heterocycles. The number of hydrogen-bond donors (Lipinski definition) is 0. The third-order valence-electron chi connectivity index (χ3n) is 4.54. The van der Waals surface area contributed by atoms with Crippen molar-refractivity contribution in [2.75, 3.05) is 0 Å². The normalized spacial score (nSPS) is 20.5. The minimum Gasteiger partial charge on any atom is -0.272 e. The van der Waals surface area contributed by atoms with Crippen molar-refractivity contribution < 1.29 is 9.59 Å². The van der Waals surface area contributed by atoms with Crippen LogP contribution in [0.4, 0.5) is 0 Å². The lowest BCUT2D eigenvalue weighted by Crippen LogP contribution is -2.43. The van der Waals surface area contributed by atoms with Crippen molar-refractivity contribution in [1.29, 1.82) is 0 Å². The molecule has 0 unspecified atom stereocenters. The zero-order chi connectivity index (χ0) is 13.6. The van der Waals surface area contributed by atoms with Crippen LogP contribution in [0, 0.1) is 5.41 Å². The standard InChI is InChI=1S/C15H18N2O2/c1-3-15(4-2)13(18)16-9-11-7-5-6-8-12(11)10-17(16)14(15)19/h5-8H,3-4,9-10H2,1-2H3. The molecule has 1 aromatic rings. The molecule has 2 amide bonds. The number of carbonyl (C=O) groups excluding carboxylic acids is 2. The molecule has 4 heteroatoms. The van der Waals surface area contributed by atoms with Gasteiger partial charge in [-0.1, -0.05) is 38.1 Å². The van der Waals surface area contributed by atoms with Crippen LogP contribution in [0.3, 0.4) is 0 Å². The van der Waals surface area contributed by atoms with Crippen molar-refractivity contribution in [2.45, 2.75) is 39.8 Å². The van der Waals surface area contributed by atoms with Crippen LogP contribution in [0.1, 0.15) is 37.8 Å². The molecule has 1 saturated heterocycles. The van der Waals surface area contributed by atoms with Gasteiger partial charge in [-0.25, -0.2) is 10.0 Å². The van der Waals surface area contributed by atoms with Gasteiger partial charge in [0.25, 0.3) is 11.8 Å². The van der Waals surface area contributed by atoms with E-state index in [2.05, 4.69) is 0 Å². The first kappa shape index (κ1) is 12.2. The Morgan fingerprint density at radius 1 is 0.947 bits per heavy atom. The summed E-state index contributed by atoms with van der Waals surface area (Å²) in [6.45, 7) is 4.88. The fourth-order valence-electron chi connectivity index (χ4n) is 3.16. The van der Waals surface area contributed by atoms with E-state index in [0.29, 0.717) is 25.9 Å². The summed E-state index contributed by atoms with van der Waals surface area (Å²) in [5.74, 6) is -0.0611. The summed E-state index contributed by atoms with van der Waals surface area (Å²) < 4.78 is 0. The molecule has 0 saturated carbocycles. The predicted octanol–water partition coefficient (Wildman–Crippen LogP) is 2.09. The summed E-state index contributed by atoms with van der Waals surface area (Å²) in [6.07, 6.45) is 1.15. The summed E-state index contributed by atoms with van der Waals surface area (Å²) in [5, 5.41) is 3.27. The number of rotatable bonds is 2. The second kappa shape index (κ2) is 4.08. The van der Waals surface area contributed by atoms with E-state index in [9.17, 15) is 9.59 Å². The van der Waals surface area contributed by atoms with Crippen LogP contribution in [0.15, 0.2) is 24.3 Å². The number of hydrogen-bond acceptors (Lipinski definition) is 2. The molecular weight excluding hydrogens is 240 g/mol. The molecule has 0 atom stereocenters. The molecule has 0 radical (unpaired) electrons. The molecule has 0 aromatic heterocycles. The quantitative estimate of drug-likeness (QED) is 0.762. The average molecular weight is 258 g/mol. The zero-order valence-corrected chi connectivity index (χ0v) is 11.3. The molecule has 0 bridgehead atoms. The first-order valence-electron chi connectivity index (χ1n) is 6.84. The van der Waals surface area contributed by atoms with Crippen LogP contribution in [-0.4, -0.2) is 21.8 Å². The van der Waals surface area contributed by atoms with Gasteiger partial charge in [-0.3, -0.25) is 9.59 Å². The topological polar surface area (TPSA) is 40.6 Å². The van der Waals surface area contributed by atoms with Crippen LogP contribution in [0.25, 0.3) is 0 Å². The van der Waals surface area contributed by atoms with Gasteiger partial charge in [-0.2, -0.15) is 0 Å². The Labute approximate surface area is 113 Å². The highest BCUT2D eigenvalue weighted by Crippen LogP contribution is 2.41. The zero-order valence-electron chi connectivity index (χ0n) is 11.3. The van der Waals surface area contributed by atoms with Crippen molar-refractivity contribution in [3.05, 3.63) is 35.4 Å². The van der Waals surface area contributed by atoms with E-state index >= 15 is 0 Å². The first-order valence-corrected chi connectivity index (χ1v) is 6.84. The van der Waals surface area contributed by atoms with E-state index in [0.717, 1.165) is 11.1 Å². The van der Waals surface area contributed by atoms with Crippen molar-refractivity contribution >= 4 is 11.8 Å². The Morgan fingerprint density at radius 3 is 1.74 bits per heavy atom. The SMILES string of the molecule is CCC1(CC)C(=O)N2Cc3ccccc3CN2C1=O. The minimum atomic E-state index is -0.831. The van der Waals surface area contributed by atoms with Gasteiger partial charge in [0.1, 0.15) is 5.41 Å². The van der Waals surface area contributed by atoms with Crippen molar-refractivity contribution in [1.82, 2.24) is 10.0 Å². The minimum absolute atomic E-state index is 0.0306. The van der Waals surface area contributed by atoms with Gasteiger partial charge >= 0.3 is 0 Å². The van der Waals surface area contributed by atoms with E-state index in [1.165, 1.54) is 0 Å². The van der Waals surface area contributed by atoms with Crippen molar-refractivity contribution in [2.24, 2.45) is 5.41 Å². The number of fused-ring (bicyclic) bond motifs is 2.